The van der Waals surface area contributed by atoms with Gasteiger partial charge in [0, 0.05) is 3.57 Å². The minimum atomic E-state index is -0.468. The summed E-state index contributed by atoms with van der Waals surface area (Å²) in [6.45, 7) is 2.07. The minimum Gasteiger partial charge on any atom is -0.463 e. The molecule has 1 atom stereocenters. The fraction of sp³-hybridized carbons (Fsp3) is 0.267. The molecule has 0 aliphatic heterocycles. The Morgan fingerprint density at radius 1 is 1.35 bits per heavy atom. The lowest BCUT2D eigenvalue weighted by Crippen LogP contribution is -2.18. The molecule has 0 bridgehead atoms. The van der Waals surface area contributed by atoms with Crippen LogP contribution in [0.3, 0.4) is 0 Å². The molecule has 1 heterocycles. The summed E-state index contributed by atoms with van der Waals surface area (Å²) in [4.78, 5) is 11.5. The zero-order valence-corrected chi connectivity index (χ0v) is 13.7. The van der Waals surface area contributed by atoms with E-state index in [0.29, 0.717) is 5.76 Å². The van der Waals surface area contributed by atoms with E-state index in [1.54, 1.807) is 12.1 Å². The lowest BCUT2D eigenvalue weighted by Gasteiger charge is -2.17. The van der Waals surface area contributed by atoms with Gasteiger partial charge in [-0.1, -0.05) is 18.2 Å². The van der Waals surface area contributed by atoms with Crippen molar-refractivity contribution in [1.29, 1.82) is 0 Å². The Morgan fingerprint density at radius 2 is 2.10 bits per heavy atom. The van der Waals surface area contributed by atoms with Gasteiger partial charge in [0.25, 0.3) is 0 Å². The van der Waals surface area contributed by atoms with Crippen molar-refractivity contribution in [2.75, 3.05) is 14.2 Å². The predicted octanol–water partition coefficient (Wildman–Crippen LogP) is 3.29. The number of rotatable bonds is 4. The highest BCUT2D eigenvalue weighted by Crippen LogP contribution is 2.29. The number of halogens is 1. The van der Waals surface area contributed by atoms with Gasteiger partial charge in [-0.05, 0) is 59.8 Å². The van der Waals surface area contributed by atoms with Crippen LogP contribution in [0, 0.1) is 10.5 Å². The molecule has 106 valence electrons. The van der Waals surface area contributed by atoms with Gasteiger partial charge >= 0.3 is 5.97 Å². The first-order valence-corrected chi connectivity index (χ1v) is 7.26. The molecule has 0 saturated carbocycles. The maximum atomic E-state index is 11.5. The second kappa shape index (κ2) is 6.41. The van der Waals surface area contributed by atoms with Crippen molar-refractivity contribution in [2.24, 2.45) is 0 Å². The Balaban J connectivity index is 2.40. The van der Waals surface area contributed by atoms with Crippen molar-refractivity contribution < 1.29 is 13.9 Å². The summed E-state index contributed by atoms with van der Waals surface area (Å²) in [7, 11) is 3.20. The molecule has 0 spiro atoms. The Bertz CT molecular complexity index is 621. The highest BCUT2D eigenvalue weighted by Gasteiger charge is 2.21. The largest absolute Gasteiger partial charge is 0.463 e. The first-order valence-electron chi connectivity index (χ1n) is 6.18. The first kappa shape index (κ1) is 15.1. The molecular formula is C15H16INO3. The summed E-state index contributed by atoms with van der Waals surface area (Å²) < 4.78 is 11.4. The highest BCUT2D eigenvalue weighted by atomic mass is 127. The third kappa shape index (κ3) is 2.88. The van der Waals surface area contributed by atoms with Crippen LogP contribution in [0.15, 0.2) is 34.7 Å². The second-order valence-corrected chi connectivity index (χ2v) is 5.47. The van der Waals surface area contributed by atoms with E-state index >= 15 is 0 Å². The molecule has 1 N–H and O–H groups in total. The predicted molar refractivity (Wildman–Crippen MR) is 84.8 cm³/mol. The smallest absolute Gasteiger partial charge is 0.373 e. The topological polar surface area (TPSA) is 51.5 Å². The lowest BCUT2D eigenvalue weighted by molar-refractivity contribution is 0.0562. The van der Waals surface area contributed by atoms with E-state index in [4.69, 9.17) is 4.42 Å². The van der Waals surface area contributed by atoms with Crippen molar-refractivity contribution in [3.63, 3.8) is 0 Å². The van der Waals surface area contributed by atoms with Gasteiger partial charge in [0.2, 0.25) is 5.76 Å². The quantitative estimate of drug-likeness (QED) is 0.649. The van der Waals surface area contributed by atoms with Crippen LogP contribution >= 0.6 is 22.6 Å². The van der Waals surface area contributed by atoms with E-state index in [1.807, 2.05) is 13.1 Å². The van der Waals surface area contributed by atoms with Crippen molar-refractivity contribution in [1.82, 2.24) is 5.32 Å². The Labute approximate surface area is 131 Å². The second-order valence-electron chi connectivity index (χ2n) is 4.39. The standard InChI is InChI=1S/C15H16INO3/c1-9-5-4-6-10(13(9)16)14(17-2)11-7-8-12(20-11)15(18)19-3/h4-8,14,17H,1-3H3. The van der Waals surface area contributed by atoms with Gasteiger partial charge in [0.05, 0.1) is 13.2 Å². The van der Waals surface area contributed by atoms with Crippen molar-refractivity contribution in [3.05, 3.63) is 56.5 Å². The van der Waals surface area contributed by atoms with Gasteiger partial charge in [0.15, 0.2) is 0 Å². The fourth-order valence-electron chi connectivity index (χ4n) is 2.06. The molecule has 0 fully saturated rings. The third-order valence-corrected chi connectivity index (χ3v) is 4.59. The summed E-state index contributed by atoms with van der Waals surface area (Å²) >= 11 is 2.32. The molecule has 1 aromatic carbocycles. The Kier molecular flexibility index (Phi) is 4.82. The summed E-state index contributed by atoms with van der Waals surface area (Å²) in [6, 6.07) is 9.47. The van der Waals surface area contributed by atoms with E-state index in [-0.39, 0.29) is 11.8 Å². The maximum Gasteiger partial charge on any atom is 0.373 e. The number of esters is 1. The van der Waals surface area contributed by atoms with Crippen LogP contribution in [-0.4, -0.2) is 20.1 Å². The Hall–Kier alpha value is -1.34. The highest BCUT2D eigenvalue weighted by molar-refractivity contribution is 14.1. The zero-order chi connectivity index (χ0) is 14.7. The monoisotopic (exact) mass is 385 g/mol. The van der Waals surface area contributed by atoms with Crippen LogP contribution in [-0.2, 0) is 4.74 Å². The number of hydrogen-bond donors (Lipinski definition) is 1. The number of ether oxygens (including phenoxy) is 1. The number of methoxy groups -OCH3 is 1. The fourth-order valence-corrected chi connectivity index (χ4v) is 2.73. The van der Waals surface area contributed by atoms with Crippen LogP contribution in [0.25, 0.3) is 0 Å². The molecule has 2 aromatic rings. The van der Waals surface area contributed by atoms with Crippen LogP contribution in [0.2, 0.25) is 0 Å². The molecule has 0 aliphatic rings. The number of nitrogens with one attached hydrogen (secondary N) is 1. The molecule has 4 nitrogen and oxygen atoms in total. The van der Waals surface area contributed by atoms with Crippen LogP contribution in [0.1, 0.15) is 33.5 Å². The summed E-state index contributed by atoms with van der Waals surface area (Å²) in [5.41, 5.74) is 2.34. The molecule has 0 amide bonds. The van der Waals surface area contributed by atoms with E-state index in [0.717, 1.165) is 5.56 Å². The maximum absolute atomic E-state index is 11.5. The van der Waals surface area contributed by atoms with Crippen LogP contribution < -0.4 is 5.32 Å². The SMILES string of the molecule is CNC(c1ccc(C(=O)OC)o1)c1cccc(C)c1I. The molecule has 0 radical (unpaired) electrons. The molecule has 5 heteroatoms. The van der Waals surface area contributed by atoms with Crippen molar-refractivity contribution >= 4 is 28.6 Å². The summed E-state index contributed by atoms with van der Waals surface area (Å²) in [5, 5.41) is 3.22. The van der Waals surface area contributed by atoms with Gasteiger partial charge in [-0.3, -0.25) is 0 Å². The molecule has 0 aliphatic carbocycles. The van der Waals surface area contributed by atoms with E-state index in [9.17, 15) is 4.79 Å². The van der Waals surface area contributed by atoms with Crippen molar-refractivity contribution in [2.45, 2.75) is 13.0 Å². The Morgan fingerprint density at radius 3 is 2.75 bits per heavy atom. The minimum absolute atomic E-state index is 0.0970. The molecule has 1 unspecified atom stereocenters. The number of furan rings is 1. The third-order valence-electron chi connectivity index (χ3n) is 3.12. The van der Waals surface area contributed by atoms with Gasteiger partial charge < -0.3 is 14.5 Å². The summed E-state index contributed by atoms with van der Waals surface area (Å²) in [6.07, 6.45) is 0. The van der Waals surface area contributed by atoms with Crippen molar-refractivity contribution in [3.8, 4) is 0 Å². The average molecular weight is 385 g/mol. The van der Waals surface area contributed by atoms with Crippen LogP contribution in [0.4, 0.5) is 0 Å². The average Bonchev–Trinajstić information content (AvgIpc) is 2.93. The molecule has 2 rings (SSSR count). The van der Waals surface area contributed by atoms with Gasteiger partial charge in [0.1, 0.15) is 5.76 Å². The number of carbonyl (C=O) groups excluding carboxylic acids is 1. The van der Waals surface area contributed by atoms with E-state index in [1.165, 1.54) is 16.2 Å². The van der Waals surface area contributed by atoms with E-state index in [2.05, 4.69) is 51.7 Å². The first-order chi connectivity index (χ1) is 9.58. The lowest BCUT2D eigenvalue weighted by atomic mass is 10.0. The van der Waals surface area contributed by atoms with Gasteiger partial charge in [-0.2, -0.15) is 0 Å². The number of carbonyl (C=O) groups is 1. The van der Waals surface area contributed by atoms with Gasteiger partial charge in [-0.15, -0.1) is 0 Å². The van der Waals surface area contributed by atoms with Gasteiger partial charge in [-0.25, -0.2) is 4.79 Å². The number of hydrogen-bond acceptors (Lipinski definition) is 4. The zero-order valence-electron chi connectivity index (χ0n) is 11.6. The molecule has 20 heavy (non-hydrogen) atoms. The van der Waals surface area contributed by atoms with E-state index < -0.39 is 5.97 Å². The number of aryl methyl sites for hydroxylation is 1. The molecule has 0 saturated heterocycles. The normalized spacial score (nSPS) is 12.2. The molecular weight excluding hydrogens is 369 g/mol. The molecule has 1 aromatic heterocycles. The summed E-state index contributed by atoms with van der Waals surface area (Å²) in [5.74, 6) is 0.437. The number of benzene rings is 1. The van der Waals surface area contributed by atoms with Crippen LogP contribution in [0.5, 0.6) is 0 Å².